The molecule has 2 heterocycles. The Hall–Kier alpha value is -2.14. The van der Waals surface area contributed by atoms with Gasteiger partial charge >= 0.3 is 0 Å². The molecule has 0 bridgehead atoms. The molecule has 1 saturated heterocycles. The van der Waals surface area contributed by atoms with Gasteiger partial charge in [-0.3, -0.25) is 4.79 Å². The quantitative estimate of drug-likeness (QED) is 0.815. The van der Waals surface area contributed by atoms with Crippen LogP contribution in [0.2, 0.25) is 5.15 Å². The molecule has 0 saturated carbocycles. The van der Waals surface area contributed by atoms with Crippen LogP contribution >= 0.6 is 11.6 Å². The van der Waals surface area contributed by atoms with Gasteiger partial charge in [0.2, 0.25) is 5.91 Å². The minimum Gasteiger partial charge on any atom is -0.339 e. The molecule has 0 atom stereocenters. The second-order valence-corrected chi connectivity index (χ2v) is 5.55. The highest BCUT2D eigenvalue weighted by molar-refractivity contribution is 6.31. The van der Waals surface area contributed by atoms with Crippen molar-refractivity contribution >= 4 is 23.6 Å². The van der Waals surface area contributed by atoms with Crippen molar-refractivity contribution in [2.24, 2.45) is 0 Å². The predicted octanol–water partition coefficient (Wildman–Crippen LogP) is 3.22. The maximum absolute atomic E-state index is 13.0. The maximum atomic E-state index is 13.0. The standard InChI is InChI=1S/C16H15ClFN3O/c1-11-14(7-8-15(22)20-9-2-10-20)16(17)21(19-11)13-5-3-12(18)4-6-13/h3-8H,2,9-10H2,1H3. The highest BCUT2D eigenvalue weighted by Gasteiger charge is 2.18. The summed E-state index contributed by atoms with van der Waals surface area (Å²) in [7, 11) is 0. The van der Waals surface area contributed by atoms with Crippen LogP contribution in [0.5, 0.6) is 0 Å². The Labute approximate surface area is 132 Å². The van der Waals surface area contributed by atoms with E-state index >= 15 is 0 Å². The molecule has 1 aromatic heterocycles. The first kappa shape index (κ1) is 14.8. The second kappa shape index (κ2) is 5.93. The van der Waals surface area contributed by atoms with Gasteiger partial charge in [-0.15, -0.1) is 0 Å². The first-order valence-corrected chi connectivity index (χ1v) is 7.42. The van der Waals surface area contributed by atoms with Crippen molar-refractivity contribution in [3.05, 3.63) is 52.6 Å². The lowest BCUT2D eigenvalue weighted by Gasteiger charge is -2.29. The summed E-state index contributed by atoms with van der Waals surface area (Å²) < 4.78 is 14.5. The first-order chi connectivity index (χ1) is 10.6. The molecule has 0 spiro atoms. The summed E-state index contributed by atoms with van der Waals surface area (Å²) in [5.41, 5.74) is 2.07. The van der Waals surface area contributed by atoms with Crippen molar-refractivity contribution in [3.63, 3.8) is 0 Å². The summed E-state index contributed by atoms with van der Waals surface area (Å²) in [5, 5.41) is 4.75. The van der Waals surface area contributed by atoms with Crippen LogP contribution in [-0.2, 0) is 4.79 Å². The van der Waals surface area contributed by atoms with E-state index < -0.39 is 0 Å². The number of rotatable bonds is 3. The van der Waals surface area contributed by atoms with Gasteiger partial charge in [0.15, 0.2) is 0 Å². The molecule has 4 nitrogen and oxygen atoms in total. The van der Waals surface area contributed by atoms with Gasteiger partial charge in [0.1, 0.15) is 11.0 Å². The van der Waals surface area contributed by atoms with Crippen molar-refractivity contribution < 1.29 is 9.18 Å². The van der Waals surface area contributed by atoms with Crippen LogP contribution in [0.1, 0.15) is 17.7 Å². The van der Waals surface area contributed by atoms with Crippen molar-refractivity contribution in [2.75, 3.05) is 13.1 Å². The summed E-state index contributed by atoms with van der Waals surface area (Å²) in [6, 6.07) is 5.91. The SMILES string of the molecule is Cc1nn(-c2ccc(F)cc2)c(Cl)c1C=CC(=O)N1CCC1. The molecule has 1 aliphatic rings. The number of halogens is 2. The Morgan fingerprint density at radius 1 is 1.32 bits per heavy atom. The van der Waals surface area contributed by atoms with Gasteiger partial charge in [-0.1, -0.05) is 11.6 Å². The van der Waals surface area contributed by atoms with Crippen LogP contribution in [-0.4, -0.2) is 33.7 Å². The van der Waals surface area contributed by atoms with E-state index in [0.29, 0.717) is 22.1 Å². The number of likely N-dealkylation sites (tertiary alicyclic amines) is 1. The monoisotopic (exact) mass is 319 g/mol. The van der Waals surface area contributed by atoms with Crippen molar-refractivity contribution in [1.29, 1.82) is 0 Å². The molecule has 6 heteroatoms. The minimum atomic E-state index is -0.316. The summed E-state index contributed by atoms with van der Waals surface area (Å²) in [6.45, 7) is 3.44. The molecule has 3 rings (SSSR count). The number of aryl methyl sites for hydroxylation is 1. The molecule has 0 radical (unpaired) electrons. The van der Waals surface area contributed by atoms with Crippen molar-refractivity contribution in [1.82, 2.24) is 14.7 Å². The maximum Gasteiger partial charge on any atom is 0.246 e. The zero-order valence-electron chi connectivity index (χ0n) is 12.1. The van der Waals surface area contributed by atoms with E-state index in [0.717, 1.165) is 19.5 Å². The number of benzene rings is 1. The van der Waals surface area contributed by atoms with Crippen molar-refractivity contribution in [3.8, 4) is 5.69 Å². The third kappa shape index (κ3) is 2.76. The average molecular weight is 320 g/mol. The number of amides is 1. The largest absolute Gasteiger partial charge is 0.339 e. The van der Waals surface area contributed by atoms with Crippen LogP contribution in [0.4, 0.5) is 4.39 Å². The summed E-state index contributed by atoms with van der Waals surface area (Å²) in [4.78, 5) is 13.6. The Bertz CT molecular complexity index is 733. The van der Waals surface area contributed by atoms with E-state index in [4.69, 9.17) is 11.6 Å². The van der Waals surface area contributed by atoms with Crippen LogP contribution < -0.4 is 0 Å². The number of carbonyl (C=O) groups is 1. The topological polar surface area (TPSA) is 38.1 Å². The van der Waals surface area contributed by atoms with Gasteiger partial charge in [0.25, 0.3) is 0 Å². The van der Waals surface area contributed by atoms with Crippen LogP contribution in [0, 0.1) is 12.7 Å². The lowest BCUT2D eigenvalue weighted by atomic mass is 10.2. The highest BCUT2D eigenvalue weighted by atomic mass is 35.5. The number of nitrogens with zero attached hydrogens (tertiary/aromatic N) is 3. The molecule has 1 aromatic carbocycles. The molecule has 0 unspecified atom stereocenters. The van der Waals surface area contributed by atoms with Gasteiger partial charge < -0.3 is 4.90 Å². The fourth-order valence-corrected chi connectivity index (χ4v) is 2.59. The van der Waals surface area contributed by atoms with Gasteiger partial charge in [-0.25, -0.2) is 9.07 Å². The molecule has 1 fully saturated rings. The Morgan fingerprint density at radius 3 is 2.59 bits per heavy atom. The van der Waals surface area contributed by atoms with E-state index in [9.17, 15) is 9.18 Å². The molecule has 114 valence electrons. The zero-order chi connectivity index (χ0) is 15.7. The number of hydrogen-bond donors (Lipinski definition) is 0. The third-order valence-corrected chi connectivity index (χ3v) is 4.04. The first-order valence-electron chi connectivity index (χ1n) is 7.04. The molecule has 1 amide bonds. The summed E-state index contributed by atoms with van der Waals surface area (Å²) >= 11 is 6.35. The van der Waals surface area contributed by atoms with E-state index in [1.807, 2.05) is 6.92 Å². The lowest BCUT2D eigenvalue weighted by molar-refractivity contribution is -0.129. The number of aromatic nitrogens is 2. The van der Waals surface area contributed by atoms with Crippen LogP contribution in [0.15, 0.2) is 30.3 Å². The predicted molar refractivity (Wildman–Crippen MR) is 83.5 cm³/mol. The zero-order valence-corrected chi connectivity index (χ0v) is 12.8. The Balaban J connectivity index is 1.88. The van der Waals surface area contributed by atoms with Gasteiger partial charge in [0, 0.05) is 24.7 Å². The van der Waals surface area contributed by atoms with Gasteiger partial charge in [-0.05, 0) is 43.7 Å². The Morgan fingerprint density at radius 2 is 2.00 bits per heavy atom. The molecule has 2 aromatic rings. The minimum absolute atomic E-state index is 0.0174. The van der Waals surface area contributed by atoms with E-state index in [2.05, 4.69) is 5.10 Å². The second-order valence-electron chi connectivity index (χ2n) is 5.19. The fourth-order valence-electron chi connectivity index (χ4n) is 2.25. The summed E-state index contributed by atoms with van der Waals surface area (Å²) in [6.07, 6.45) is 4.26. The average Bonchev–Trinajstić information content (AvgIpc) is 2.71. The Kier molecular flexibility index (Phi) is 3.98. The van der Waals surface area contributed by atoms with Gasteiger partial charge in [0.05, 0.1) is 11.4 Å². The van der Waals surface area contributed by atoms with E-state index in [1.165, 1.54) is 22.9 Å². The van der Waals surface area contributed by atoms with E-state index in [-0.39, 0.29) is 11.7 Å². The molecule has 22 heavy (non-hydrogen) atoms. The fraction of sp³-hybridized carbons (Fsp3) is 0.250. The number of hydrogen-bond acceptors (Lipinski definition) is 2. The molecule has 0 aliphatic carbocycles. The van der Waals surface area contributed by atoms with Crippen LogP contribution in [0.3, 0.4) is 0 Å². The highest BCUT2D eigenvalue weighted by Crippen LogP contribution is 2.25. The molecule has 0 N–H and O–H groups in total. The lowest BCUT2D eigenvalue weighted by Crippen LogP contribution is -2.40. The van der Waals surface area contributed by atoms with Crippen LogP contribution in [0.25, 0.3) is 11.8 Å². The number of carbonyl (C=O) groups excluding carboxylic acids is 1. The van der Waals surface area contributed by atoms with Crippen molar-refractivity contribution in [2.45, 2.75) is 13.3 Å². The molecular weight excluding hydrogens is 305 g/mol. The summed E-state index contributed by atoms with van der Waals surface area (Å²) in [5.74, 6) is -0.333. The van der Waals surface area contributed by atoms with E-state index in [1.54, 1.807) is 23.1 Å². The normalized spacial score (nSPS) is 14.4. The van der Waals surface area contributed by atoms with Gasteiger partial charge in [-0.2, -0.15) is 5.10 Å². The third-order valence-electron chi connectivity index (χ3n) is 3.68. The smallest absolute Gasteiger partial charge is 0.246 e. The molecular formula is C16H15ClFN3O. The molecule has 1 aliphatic heterocycles.